The molecule has 0 bridgehead atoms. The molecule has 1 aliphatic rings. The van der Waals surface area contributed by atoms with Crippen LogP contribution >= 0.6 is 0 Å². The largest absolute Gasteiger partial charge is 0.480 e. The van der Waals surface area contributed by atoms with Crippen molar-refractivity contribution in [2.45, 2.75) is 50.2 Å². The van der Waals surface area contributed by atoms with Gasteiger partial charge < -0.3 is 32.1 Å². The van der Waals surface area contributed by atoms with E-state index in [1.165, 1.54) is 0 Å². The standard InChI is InChI=1S/C21H29N5O6/c22-17(27)9-8-15(19(30)24-12-18(28)29)25-21(32)16(11-13-5-2-1-3-6-13)26-20(31)14-7-4-10-23-14/h1-3,5-6,14-16,23H,4,7-12H2,(H2,22,27)(H,24,30)(H,25,32)(H,26,31)(H,28,29). The van der Waals surface area contributed by atoms with E-state index in [1.54, 1.807) is 12.1 Å². The van der Waals surface area contributed by atoms with Gasteiger partial charge in [-0.3, -0.25) is 24.0 Å². The van der Waals surface area contributed by atoms with Crippen molar-refractivity contribution in [2.75, 3.05) is 13.1 Å². The summed E-state index contributed by atoms with van der Waals surface area (Å²) in [7, 11) is 0. The maximum atomic E-state index is 13.0. The zero-order valence-corrected chi connectivity index (χ0v) is 17.6. The average molecular weight is 447 g/mol. The number of rotatable bonds is 12. The molecule has 3 unspecified atom stereocenters. The summed E-state index contributed by atoms with van der Waals surface area (Å²) >= 11 is 0. The van der Waals surface area contributed by atoms with Gasteiger partial charge >= 0.3 is 5.97 Å². The molecule has 4 amide bonds. The molecular weight excluding hydrogens is 418 g/mol. The van der Waals surface area contributed by atoms with Gasteiger partial charge in [0.05, 0.1) is 6.04 Å². The molecular formula is C21H29N5O6. The quantitative estimate of drug-likeness (QED) is 0.224. The second-order valence-corrected chi connectivity index (χ2v) is 7.58. The number of carboxylic acids is 1. The Balaban J connectivity index is 2.13. The Bertz CT molecular complexity index is 825. The van der Waals surface area contributed by atoms with Crippen molar-refractivity contribution >= 4 is 29.6 Å². The van der Waals surface area contributed by atoms with Crippen LogP contribution in [-0.4, -0.2) is 65.9 Å². The van der Waals surface area contributed by atoms with E-state index in [2.05, 4.69) is 21.3 Å². The van der Waals surface area contributed by atoms with Crippen molar-refractivity contribution in [3.63, 3.8) is 0 Å². The first kappa shape index (κ1) is 24.8. The lowest BCUT2D eigenvalue weighted by Gasteiger charge is -2.24. The zero-order chi connectivity index (χ0) is 23.5. The van der Waals surface area contributed by atoms with Gasteiger partial charge in [0, 0.05) is 12.8 Å². The van der Waals surface area contributed by atoms with Crippen molar-refractivity contribution in [1.82, 2.24) is 21.3 Å². The van der Waals surface area contributed by atoms with Crippen LogP contribution in [0, 0.1) is 0 Å². The number of nitrogens with two attached hydrogens (primary N) is 1. The van der Waals surface area contributed by atoms with Crippen molar-refractivity contribution in [3.8, 4) is 0 Å². The number of hydrogen-bond acceptors (Lipinski definition) is 6. The number of benzene rings is 1. The molecule has 0 aliphatic carbocycles. The van der Waals surface area contributed by atoms with Gasteiger partial charge in [0.2, 0.25) is 23.6 Å². The van der Waals surface area contributed by atoms with E-state index in [1.807, 2.05) is 18.2 Å². The third-order valence-electron chi connectivity index (χ3n) is 5.02. The monoisotopic (exact) mass is 447 g/mol. The van der Waals surface area contributed by atoms with Gasteiger partial charge in [-0.2, -0.15) is 0 Å². The Morgan fingerprint density at radius 3 is 2.38 bits per heavy atom. The lowest BCUT2D eigenvalue weighted by Crippen LogP contribution is -2.56. The highest BCUT2D eigenvalue weighted by Gasteiger charge is 2.30. The summed E-state index contributed by atoms with van der Waals surface area (Å²) in [5.41, 5.74) is 5.95. The second-order valence-electron chi connectivity index (χ2n) is 7.58. The normalized spacial score (nSPS) is 17.1. The number of carbonyl (C=O) groups excluding carboxylic acids is 4. The van der Waals surface area contributed by atoms with Crippen molar-refractivity contribution in [1.29, 1.82) is 0 Å². The van der Waals surface area contributed by atoms with Crippen molar-refractivity contribution in [3.05, 3.63) is 35.9 Å². The molecule has 174 valence electrons. The first-order valence-corrected chi connectivity index (χ1v) is 10.4. The molecule has 32 heavy (non-hydrogen) atoms. The highest BCUT2D eigenvalue weighted by molar-refractivity contribution is 5.94. The summed E-state index contributed by atoms with van der Waals surface area (Å²) in [5, 5.41) is 19.3. The first-order chi connectivity index (χ1) is 15.3. The van der Waals surface area contributed by atoms with E-state index in [4.69, 9.17) is 10.8 Å². The van der Waals surface area contributed by atoms with Crippen LogP contribution in [0.15, 0.2) is 30.3 Å². The predicted octanol–water partition coefficient (Wildman–Crippen LogP) is -1.58. The molecule has 1 fully saturated rings. The molecule has 3 atom stereocenters. The summed E-state index contributed by atoms with van der Waals surface area (Å²) in [4.78, 5) is 59.9. The molecule has 0 saturated carbocycles. The van der Waals surface area contributed by atoms with Gasteiger partial charge in [0.15, 0.2) is 0 Å². The summed E-state index contributed by atoms with van der Waals surface area (Å²) in [6, 6.07) is 6.50. The maximum Gasteiger partial charge on any atom is 0.322 e. The van der Waals surface area contributed by atoms with Crippen LogP contribution in [0.3, 0.4) is 0 Å². The van der Waals surface area contributed by atoms with Crippen LogP contribution in [0.25, 0.3) is 0 Å². The molecule has 0 spiro atoms. The van der Waals surface area contributed by atoms with E-state index in [0.717, 1.165) is 12.0 Å². The molecule has 11 nitrogen and oxygen atoms in total. The van der Waals surface area contributed by atoms with E-state index < -0.39 is 48.4 Å². The molecule has 7 N–H and O–H groups in total. The number of carboxylic acid groups (broad SMARTS) is 1. The molecule has 0 radical (unpaired) electrons. The van der Waals surface area contributed by atoms with Crippen LogP contribution in [0.4, 0.5) is 0 Å². The molecule has 1 aromatic carbocycles. The third-order valence-corrected chi connectivity index (χ3v) is 5.02. The fourth-order valence-electron chi connectivity index (χ4n) is 3.35. The van der Waals surface area contributed by atoms with Crippen molar-refractivity contribution < 1.29 is 29.1 Å². The fraction of sp³-hybridized carbons (Fsp3) is 0.476. The fourth-order valence-corrected chi connectivity index (χ4v) is 3.35. The lowest BCUT2D eigenvalue weighted by molar-refractivity contribution is -0.138. The van der Waals surface area contributed by atoms with Crippen LogP contribution < -0.4 is 27.0 Å². The Morgan fingerprint density at radius 1 is 1.06 bits per heavy atom. The molecule has 1 aromatic rings. The van der Waals surface area contributed by atoms with E-state index >= 15 is 0 Å². The van der Waals surface area contributed by atoms with Crippen LogP contribution in [-0.2, 0) is 30.4 Å². The molecule has 11 heteroatoms. The van der Waals surface area contributed by atoms with Gasteiger partial charge in [0.1, 0.15) is 18.6 Å². The smallest absolute Gasteiger partial charge is 0.322 e. The molecule has 1 heterocycles. The highest BCUT2D eigenvalue weighted by Crippen LogP contribution is 2.09. The summed E-state index contributed by atoms with van der Waals surface area (Å²) in [5.74, 6) is -3.62. The van der Waals surface area contributed by atoms with Crippen molar-refractivity contribution in [2.24, 2.45) is 5.73 Å². The average Bonchev–Trinajstić information content (AvgIpc) is 3.30. The Labute approximate surface area is 185 Å². The van der Waals surface area contributed by atoms with Gasteiger partial charge in [-0.05, 0) is 31.4 Å². The van der Waals surface area contributed by atoms with Crippen LogP contribution in [0.2, 0.25) is 0 Å². The van der Waals surface area contributed by atoms with Gasteiger partial charge in [-0.25, -0.2) is 0 Å². The first-order valence-electron chi connectivity index (χ1n) is 10.4. The zero-order valence-electron chi connectivity index (χ0n) is 17.6. The highest BCUT2D eigenvalue weighted by atomic mass is 16.4. The predicted molar refractivity (Wildman–Crippen MR) is 114 cm³/mol. The Hall–Kier alpha value is -3.47. The van der Waals surface area contributed by atoms with Gasteiger partial charge in [-0.15, -0.1) is 0 Å². The molecule has 1 saturated heterocycles. The summed E-state index contributed by atoms with van der Waals surface area (Å²) < 4.78 is 0. The third kappa shape index (κ3) is 8.34. The summed E-state index contributed by atoms with van der Waals surface area (Å²) in [6.45, 7) is 0.0753. The van der Waals surface area contributed by atoms with Crippen LogP contribution in [0.5, 0.6) is 0 Å². The minimum absolute atomic E-state index is 0.108. The number of primary amides is 1. The minimum Gasteiger partial charge on any atom is -0.480 e. The SMILES string of the molecule is NC(=O)CCC(NC(=O)C(Cc1ccccc1)NC(=O)C1CCCN1)C(=O)NCC(=O)O. The molecule has 2 rings (SSSR count). The Kier molecular flexibility index (Phi) is 9.61. The van der Waals surface area contributed by atoms with E-state index in [0.29, 0.717) is 13.0 Å². The van der Waals surface area contributed by atoms with E-state index in [9.17, 15) is 24.0 Å². The van der Waals surface area contributed by atoms with Gasteiger partial charge in [-0.1, -0.05) is 30.3 Å². The number of carbonyl (C=O) groups is 5. The van der Waals surface area contributed by atoms with E-state index in [-0.39, 0.29) is 25.2 Å². The maximum absolute atomic E-state index is 13.0. The molecule has 0 aromatic heterocycles. The lowest BCUT2D eigenvalue weighted by atomic mass is 10.0. The minimum atomic E-state index is -1.25. The number of amides is 4. The summed E-state index contributed by atoms with van der Waals surface area (Å²) in [6.07, 6.45) is 1.40. The van der Waals surface area contributed by atoms with Crippen LogP contribution in [0.1, 0.15) is 31.2 Å². The number of aliphatic carboxylic acids is 1. The Morgan fingerprint density at radius 2 is 1.78 bits per heavy atom. The second kappa shape index (κ2) is 12.4. The van der Waals surface area contributed by atoms with Gasteiger partial charge in [0.25, 0.3) is 0 Å². The topological polar surface area (TPSA) is 180 Å². The number of nitrogens with one attached hydrogen (secondary N) is 4. The number of hydrogen-bond donors (Lipinski definition) is 6. The molecule has 1 aliphatic heterocycles.